The molecule has 7 heteroatoms. The van der Waals surface area contributed by atoms with Gasteiger partial charge in [0.25, 0.3) is 5.91 Å². The minimum Gasteiger partial charge on any atom is -0.452 e. The summed E-state index contributed by atoms with van der Waals surface area (Å²) in [5, 5.41) is 3.44. The van der Waals surface area contributed by atoms with Crippen LogP contribution in [0.15, 0.2) is 48.5 Å². The molecule has 1 fully saturated rings. The number of nitrogens with zero attached hydrogens (tertiary/aromatic N) is 1. The Morgan fingerprint density at radius 1 is 1.10 bits per heavy atom. The van der Waals surface area contributed by atoms with E-state index in [1.165, 1.54) is 0 Å². The average molecular weight is 417 g/mol. The van der Waals surface area contributed by atoms with Crippen molar-refractivity contribution in [2.45, 2.75) is 19.5 Å². The maximum absolute atomic E-state index is 12.2. The highest BCUT2D eigenvalue weighted by molar-refractivity contribution is 6.30. The van der Waals surface area contributed by atoms with Crippen molar-refractivity contribution >= 4 is 23.5 Å². The Bertz CT molecular complexity index is 818. The number of halogens is 1. The summed E-state index contributed by atoms with van der Waals surface area (Å²) in [5.41, 5.74) is 2.47. The van der Waals surface area contributed by atoms with Crippen molar-refractivity contribution in [3.05, 3.63) is 70.2 Å². The lowest BCUT2D eigenvalue weighted by atomic mass is 10.1. The monoisotopic (exact) mass is 416 g/mol. The van der Waals surface area contributed by atoms with Gasteiger partial charge in [-0.25, -0.2) is 4.79 Å². The van der Waals surface area contributed by atoms with Gasteiger partial charge in [-0.3, -0.25) is 9.69 Å². The van der Waals surface area contributed by atoms with Crippen molar-refractivity contribution < 1.29 is 19.1 Å². The molecule has 2 aromatic carbocycles. The van der Waals surface area contributed by atoms with Gasteiger partial charge in [-0.15, -0.1) is 0 Å². The summed E-state index contributed by atoms with van der Waals surface area (Å²) in [4.78, 5) is 26.6. The molecule has 1 saturated heterocycles. The largest absolute Gasteiger partial charge is 0.452 e. The number of nitrogens with one attached hydrogen (secondary N) is 1. The molecule has 0 unspecified atom stereocenters. The molecule has 1 aliphatic heterocycles. The first-order chi connectivity index (χ1) is 14.0. The molecule has 0 bridgehead atoms. The van der Waals surface area contributed by atoms with E-state index in [-0.39, 0.29) is 18.6 Å². The van der Waals surface area contributed by atoms with Gasteiger partial charge in [0.15, 0.2) is 6.61 Å². The van der Waals surface area contributed by atoms with Gasteiger partial charge in [-0.2, -0.15) is 0 Å². The fourth-order valence-electron chi connectivity index (χ4n) is 3.10. The second kappa shape index (κ2) is 10.4. The van der Waals surface area contributed by atoms with Crippen LogP contribution < -0.4 is 5.32 Å². The smallest absolute Gasteiger partial charge is 0.338 e. The van der Waals surface area contributed by atoms with Gasteiger partial charge in [0.2, 0.25) is 0 Å². The number of ether oxygens (including phenoxy) is 2. The van der Waals surface area contributed by atoms with Crippen LogP contribution in [0.4, 0.5) is 0 Å². The average Bonchev–Trinajstić information content (AvgIpc) is 2.74. The van der Waals surface area contributed by atoms with Gasteiger partial charge in [0.05, 0.1) is 24.8 Å². The summed E-state index contributed by atoms with van der Waals surface area (Å²) in [7, 11) is 0. The third-order valence-corrected chi connectivity index (χ3v) is 5.03. The second-order valence-electron chi connectivity index (χ2n) is 7.00. The van der Waals surface area contributed by atoms with Crippen molar-refractivity contribution in [2.24, 2.45) is 0 Å². The van der Waals surface area contributed by atoms with Crippen LogP contribution in [0.5, 0.6) is 0 Å². The number of morpholine rings is 1. The second-order valence-corrected chi connectivity index (χ2v) is 7.44. The van der Waals surface area contributed by atoms with Gasteiger partial charge in [-0.05, 0) is 42.3 Å². The molecule has 2 aromatic rings. The van der Waals surface area contributed by atoms with Crippen molar-refractivity contribution in [3.8, 4) is 0 Å². The molecule has 0 aliphatic carbocycles. The first kappa shape index (κ1) is 21.3. The number of rotatable bonds is 7. The molecule has 6 nitrogen and oxygen atoms in total. The van der Waals surface area contributed by atoms with Gasteiger partial charge in [0.1, 0.15) is 0 Å². The van der Waals surface area contributed by atoms with Crippen molar-refractivity contribution in [1.82, 2.24) is 10.2 Å². The summed E-state index contributed by atoms with van der Waals surface area (Å²) in [6.45, 7) is 5.68. The number of hydrogen-bond donors (Lipinski definition) is 1. The fraction of sp³-hybridized carbons (Fsp3) is 0.364. The maximum Gasteiger partial charge on any atom is 0.338 e. The first-order valence-corrected chi connectivity index (χ1v) is 10.00. The zero-order valence-electron chi connectivity index (χ0n) is 16.4. The summed E-state index contributed by atoms with van der Waals surface area (Å²) < 4.78 is 10.5. The topological polar surface area (TPSA) is 67.9 Å². The van der Waals surface area contributed by atoms with E-state index in [1.54, 1.807) is 24.3 Å². The zero-order chi connectivity index (χ0) is 20.6. The van der Waals surface area contributed by atoms with Crippen LogP contribution in [0.1, 0.15) is 34.5 Å². The van der Waals surface area contributed by atoms with Gasteiger partial charge in [-0.1, -0.05) is 35.9 Å². The van der Waals surface area contributed by atoms with Crippen molar-refractivity contribution in [3.63, 3.8) is 0 Å². The normalized spacial score (nSPS) is 15.5. The van der Waals surface area contributed by atoms with Crippen LogP contribution in [0.2, 0.25) is 5.02 Å². The van der Waals surface area contributed by atoms with Crippen LogP contribution in [0, 0.1) is 0 Å². The molecule has 154 valence electrons. The molecular formula is C22H25ClN2O4. The molecule has 3 rings (SSSR count). The number of amides is 1. The molecule has 0 aromatic heterocycles. The van der Waals surface area contributed by atoms with E-state index in [2.05, 4.69) is 10.2 Å². The standard InChI is InChI=1S/C22H25ClN2O4/c1-16(18-6-8-20(23)9-7-18)24-21(26)15-29-22(27)19-4-2-17(3-5-19)14-25-10-12-28-13-11-25/h2-9,16H,10-15H2,1H3,(H,24,26)/t16-/m0/s1. The molecule has 1 N–H and O–H groups in total. The minimum absolute atomic E-state index is 0.210. The van der Waals surface area contributed by atoms with E-state index >= 15 is 0 Å². The zero-order valence-corrected chi connectivity index (χ0v) is 17.2. The molecular weight excluding hydrogens is 392 g/mol. The Morgan fingerprint density at radius 2 is 1.76 bits per heavy atom. The van der Waals surface area contributed by atoms with Crippen molar-refractivity contribution in [1.29, 1.82) is 0 Å². The summed E-state index contributed by atoms with van der Waals surface area (Å²) in [6, 6.07) is 14.3. The fourth-order valence-corrected chi connectivity index (χ4v) is 3.22. The minimum atomic E-state index is -0.516. The number of carbonyl (C=O) groups is 2. The number of carbonyl (C=O) groups excluding carboxylic acids is 2. The molecule has 0 spiro atoms. The highest BCUT2D eigenvalue weighted by Crippen LogP contribution is 2.16. The lowest BCUT2D eigenvalue weighted by molar-refractivity contribution is -0.124. The van der Waals surface area contributed by atoms with Gasteiger partial charge < -0.3 is 14.8 Å². The Balaban J connectivity index is 1.44. The molecule has 0 saturated carbocycles. The first-order valence-electron chi connectivity index (χ1n) is 9.62. The third-order valence-electron chi connectivity index (χ3n) is 4.78. The van der Waals surface area contributed by atoms with Gasteiger partial charge >= 0.3 is 5.97 Å². The molecule has 29 heavy (non-hydrogen) atoms. The molecule has 1 atom stereocenters. The van der Waals surface area contributed by atoms with E-state index in [9.17, 15) is 9.59 Å². The van der Waals surface area contributed by atoms with E-state index in [0.717, 1.165) is 44.0 Å². The summed E-state index contributed by atoms with van der Waals surface area (Å²) in [6.07, 6.45) is 0. The molecule has 0 radical (unpaired) electrons. The predicted molar refractivity (Wildman–Crippen MR) is 111 cm³/mol. The highest BCUT2D eigenvalue weighted by atomic mass is 35.5. The van der Waals surface area contributed by atoms with Crippen LogP contribution in [0.25, 0.3) is 0 Å². The summed E-state index contributed by atoms with van der Waals surface area (Å²) >= 11 is 5.87. The number of esters is 1. The molecule has 1 aliphatic rings. The maximum atomic E-state index is 12.2. The predicted octanol–water partition coefficient (Wildman–Crippen LogP) is 3.21. The Hall–Kier alpha value is -2.41. The number of hydrogen-bond acceptors (Lipinski definition) is 5. The SMILES string of the molecule is C[C@H](NC(=O)COC(=O)c1ccc(CN2CCOCC2)cc1)c1ccc(Cl)cc1. The quantitative estimate of drug-likeness (QED) is 0.702. The molecule has 1 heterocycles. The van der Waals surface area contributed by atoms with E-state index < -0.39 is 5.97 Å². The lowest BCUT2D eigenvalue weighted by Gasteiger charge is -2.26. The van der Waals surface area contributed by atoms with Crippen LogP contribution >= 0.6 is 11.6 Å². The van der Waals surface area contributed by atoms with E-state index in [4.69, 9.17) is 21.1 Å². The Kier molecular flexibility index (Phi) is 7.63. The van der Waals surface area contributed by atoms with Crippen LogP contribution in [0.3, 0.4) is 0 Å². The number of benzene rings is 2. The van der Waals surface area contributed by atoms with Crippen LogP contribution in [-0.4, -0.2) is 49.7 Å². The summed E-state index contributed by atoms with van der Waals surface area (Å²) in [5.74, 6) is -0.873. The lowest BCUT2D eigenvalue weighted by Crippen LogP contribution is -2.35. The van der Waals surface area contributed by atoms with Crippen LogP contribution in [-0.2, 0) is 20.8 Å². The highest BCUT2D eigenvalue weighted by Gasteiger charge is 2.14. The van der Waals surface area contributed by atoms with Crippen molar-refractivity contribution in [2.75, 3.05) is 32.9 Å². The van der Waals surface area contributed by atoms with Gasteiger partial charge in [0, 0.05) is 24.7 Å². The Labute approximate surface area is 175 Å². The van der Waals surface area contributed by atoms with E-state index in [1.807, 2.05) is 31.2 Å². The van der Waals surface area contributed by atoms with E-state index in [0.29, 0.717) is 10.6 Å². The Morgan fingerprint density at radius 3 is 2.41 bits per heavy atom. The molecule has 1 amide bonds. The third kappa shape index (κ3) is 6.56.